The van der Waals surface area contributed by atoms with Crippen molar-refractivity contribution in [3.8, 4) is 6.07 Å². The van der Waals surface area contributed by atoms with E-state index >= 15 is 0 Å². The minimum absolute atomic E-state index is 0.0604. The van der Waals surface area contributed by atoms with Crippen molar-refractivity contribution in [1.82, 2.24) is 4.98 Å². The van der Waals surface area contributed by atoms with E-state index in [1.54, 1.807) is 0 Å². The average molecular weight is 390 g/mol. The molecule has 1 aliphatic rings. The predicted octanol–water partition coefficient (Wildman–Crippen LogP) is 3.76. The molecule has 0 amide bonds. The lowest BCUT2D eigenvalue weighted by molar-refractivity contribution is -0.117. The van der Waals surface area contributed by atoms with E-state index < -0.39 is 41.3 Å². The predicted molar refractivity (Wildman–Crippen MR) is 94.2 cm³/mol. The first-order valence-electron chi connectivity index (χ1n) is 8.06. The van der Waals surface area contributed by atoms with Crippen LogP contribution < -0.4 is 5.73 Å². The number of nitriles is 1. The van der Waals surface area contributed by atoms with Crippen molar-refractivity contribution in [2.24, 2.45) is 10.7 Å². The van der Waals surface area contributed by atoms with Crippen molar-refractivity contribution >= 4 is 17.9 Å². The maximum atomic E-state index is 14.4. The van der Waals surface area contributed by atoms with E-state index in [9.17, 15) is 17.6 Å². The summed E-state index contributed by atoms with van der Waals surface area (Å²) < 4.78 is 62.3. The normalized spacial score (nSPS) is 21.4. The first kappa shape index (κ1) is 19.4. The Hall–Kier alpha value is -3.41. The number of alkyl halides is 2. The summed E-state index contributed by atoms with van der Waals surface area (Å²) in [6.07, 6.45) is 2.21. The quantitative estimate of drug-likeness (QED) is 0.809. The van der Waals surface area contributed by atoms with E-state index in [1.807, 2.05) is 6.07 Å². The van der Waals surface area contributed by atoms with E-state index in [1.165, 1.54) is 24.4 Å². The smallest absolute Gasteiger partial charge is 0.310 e. The first-order valence-corrected chi connectivity index (χ1v) is 8.06. The molecule has 0 saturated heterocycles. The standard InChI is InChI=1S/C19H14F4N4O/c1-18(19(22,23)10-28-17(25)27-18)13-6-11(2-4-14(13)20)7-15(21)16-5-3-12(8-24)9-26-16/h2-7,9H,10H2,1H3,(H2,25,27)/b15-7-/t18-/m1/s1. The van der Waals surface area contributed by atoms with Gasteiger partial charge in [-0.1, -0.05) is 6.07 Å². The van der Waals surface area contributed by atoms with Gasteiger partial charge in [0.2, 0.25) is 0 Å². The summed E-state index contributed by atoms with van der Waals surface area (Å²) >= 11 is 0. The van der Waals surface area contributed by atoms with Gasteiger partial charge in [0.25, 0.3) is 6.02 Å². The number of benzene rings is 1. The van der Waals surface area contributed by atoms with Gasteiger partial charge in [0, 0.05) is 11.8 Å². The molecule has 144 valence electrons. The van der Waals surface area contributed by atoms with Crippen LogP contribution in [0, 0.1) is 17.1 Å². The SMILES string of the molecule is C[C@]1(c2cc(/C=C(\F)c3ccc(C#N)cn3)ccc2F)N=C(N)OCC1(F)F. The second-order valence-corrected chi connectivity index (χ2v) is 6.29. The number of amidine groups is 1. The topological polar surface area (TPSA) is 84.3 Å². The Labute approximate surface area is 157 Å². The minimum Gasteiger partial charge on any atom is -0.459 e. The first-order chi connectivity index (χ1) is 13.2. The fraction of sp³-hybridized carbons (Fsp3) is 0.211. The highest BCUT2D eigenvalue weighted by Gasteiger charge is 2.56. The van der Waals surface area contributed by atoms with Gasteiger partial charge in [0.15, 0.2) is 12.1 Å². The largest absolute Gasteiger partial charge is 0.459 e. The van der Waals surface area contributed by atoms with Gasteiger partial charge in [-0.25, -0.2) is 13.8 Å². The molecule has 5 nitrogen and oxygen atoms in total. The van der Waals surface area contributed by atoms with Crippen LogP contribution in [0.5, 0.6) is 0 Å². The van der Waals surface area contributed by atoms with Gasteiger partial charge < -0.3 is 10.5 Å². The molecule has 0 saturated carbocycles. The van der Waals surface area contributed by atoms with Gasteiger partial charge in [0.1, 0.15) is 17.7 Å². The minimum atomic E-state index is -3.54. The molecule has 1 atom stereocenters. The highest BCUT2D eigenvalue weighted by molar-refractivity contribution is 5.76. The zero-order valence-corrected chi connectivity index (χ0v) is 14.6. The van der Waals surface area contributed by atoms with Crippen LogP contribution in [0.15, 0.2) is 41.5 Å². The molecule has 2 heterocycles. The lowest BCUT2D eigenvalue weighted by Crippen LogP contribution is -2.51. The van der Waals surface area contributed by atoms with Crippen LogP contribution in [0.25, 0.3) is 11.9 Å². The molecule has 3 rings (SSSR count). The molecular weight excluding hydrogens is 376 g/mol. The van der Waals surface area contributed by atoms with Gasteiger partial charge in [-0.2, -0.15) is 14.0 Å². The lowest BCUT2D eigenvalue weighted by atomic mass is 9.84. The monoisotopic (exact) mass is 390 g/mol. The molecule has 2 N–H and O–H groups in total. The summed E-state index contributed by atoms with van der Waals surface area (Å²) in [6, 6.07) is 7.31. The summed E-state index contributed by atoms with van der Waals surface area (Å²) in [4.78, 5) is 7.43. The van der Waals surface area contributed by atoms with Crippen molar-refractivity contribution in [3.05, 3.63) is 64.7 Å². The Kier molecular flexibility index (Phi) is 4.81. The van der Waals surface area contributed by atoms with Gasteiger partial charge in [0.05, 0.1) is 11.3 Å². The van der Waals surface area contributed by atoms with Crippen LogP contribution in [-0.2, 0) is 10.3 Å². The Morgan fingerprint density at radius 3 is 2.71 bits per heavy atom. The fourth-order valence-electron chi connectivity index (χ4n) is 2.72. The molecule has 0 fully saturated rings. The zero-order valence-electron chi connectivity index (χ0n) is 14.6. The van der Waals surface area contributed by atoms with Crippen molar-refractivity contribution < 1.29 is 22.3 Å². The van der Waals surface area contributed by atoms with Crippen LogP contribution in [0.4, 0.5) is 17.6 Å². The molecule has 28 heavy (non-hydrogen) atoms. The third-order valence-corrected chi connectivity index (χ3v) is 4.39. The van der Waals surface area contributed by atoms with Crippen molar-refractivity contribution in [3.63, 3.8) is 0 Å². The Bertz CT molecular complexity index is 1010. The molecule has 0 radical (unpaired) electrons. The number of pyridine rings is 1. The van der Waals surface area contributed by atoms with Crippen LogP contribution in [-0.4, -0.2) is 23.5 Å². The maximum absolute atomic E-state index is 14.4. The number of ether oxygens (including phenoxy) is 1. The highest BCUT2D eigenvalue weighted by Crippen LogP contribution is 2.44. The van der Waals surface area contributed by atoms with E-state index in [-0.39, 0.29) is 16.8 Å². The number of nitrogens with zero attached hydrogens (tertiary/aromatic N) is 3. The van der Waals surface area contributed by atoms with Crippen LogP contribution in [0.1, 0.15) is 29.3 Å². The van der Waals surface area contributed by atoms with Crippen LogP contribution in [0.2, 0.25) is 0 Å². The third-order valence-electron chi connectivity index (χ3n) is 4.39. The summed E-state index contributed by atoms with van der Waals surface area (Å²) in [6.45, 7) is -0.0192. The van der Waals surface area contributed by atoms with E-state index in [4.69, 9.17) is 11.0 Å². The summed E-state index contributed by atoms with van der Waals surface area (Å²) in [7, 11) is 0. The summed E-state index contributed by atoms with van der Waals surface area (Å²) in [5.74, 6) is -5.25. The number of hydrogen-bond donors (Lipinski definition) is 1. The molecule has 1 aromatic heterocycles. The zero-order chi connectivity index (χ0) is 20.5. The molecule has 1 aliphatic heterocycles. The fourth-order valence-corrected chi connectivity index (χ4v) is 2.72. The van der Waals surface area contributed by atoms with E-state index in [2.05, 4.69) is 14.7 Å². The maximum Gasteiger partial charge on any atom is 0.310 e. The number of hydrogen-bond acceptors (Lipinski definition) is 5. The molecular formula is C19H14F4N4O. The second kappa shape index (κ2) is 6.96. The van der Waals surface area contributed by atoms with Gasteiger partial charge in [-0.3, -0.25) is 4.98 Å². The molecule has 0 aliphatic carbocycles. The number of rotatable bonds is 3. The number of aromatic nitrogens is 1. The van der Waals surface area contributed by atoms with Crippen LogP contribution >= 0.6 is 0 Å². The summed E-state index contributed by atoms with van der Waals surface area (Å²) in [5, 5.41) is 8.74. The molecule has 9 heteroatoms. The van der Waals surface area contributed by atoms with Crippen molar-refractivity contribution in [2.45, 2.75) is 18.4 Å². The average Bonchev–Trinajstić information content (AvgIpc) is 2.66. The third kappa shape index (κ3) is 3.41. The highest BCUT2D eigenvalue weighted by atomic mass is 19.3. The molecule has 0 unspecified atom stereocenters. The second-order valence-electron chi connectivity index (χ2n) is 6.29. The molecule has 2 aromatic rings. The summed E-state index contributed by atoms with van der Waals surface area (Å²) in [5.41, 5.74) is 2.96. The van der Waals surface area contributed by atoms with Crippen LogP contribution in [0.3, 0.4) is 0 Å². The number of aliphatic imine (C=N–C) groups is 1. The Morgan fingerprint density at radius 1 is 1.32 bits per heavy atom. The Balaban J connectivity index is 2.04. The molecule has 1 aromatic carbocycles. The van der Waals surface area contributed by atoms with Gasteiger partial charge in [-0.15, -0.1) is 0 Å². The number of halogens is 4. The van der Waals surface area contributed by atoms with Crippen molar-refractivity contribution in [2.75, 3.05) is 6.61 Å². The number of nitrogens with two attached hydrogens (primary N) is 1. The molecule has 0 spiro atoms. The van der Waals surface area contributed by atoms with Gasteiger partial charge >= 0.3 is 5.92 Å². The van der Waals surface area contributed by atoms with Crippen molar-refractivity contribution in [1.29, 1.82) is 5.26 Å². The van der Waals surface area contributed by atoms with E-state index in [0.717, 1.165) is 25.1 Å². The Morgan fingerprint density at radius 2 is 2.07 bits per heavy atom. The van der Waals surface area contributed by atoms with E-state index in [0.29, 0.717) is 0 Å². The van der Waals surface area contributed by atoms with Gasteiger partial charge in [-0.05, 0) is 42.8 Å². The molecule has 0 bridgehead atoms. The lowest BCUT2D eigenvalue weighted by Gasteiger charge is -2.37.